The number of hydrogen-bond donors (Lipinski definition) is 1. The lowest BCUT2D eigenvalue weighted by Crippen LogP contribution is -2.12. The normalized spacial score (nSPS) is 12.5. The van der Waals surface area contributed by atoms with Gasteiger partial charge in [-0.2, -0.15) is 0 Å². The van der Waals surface area contributed by atoms with Crippen LogP contribution in [0.4, 0.5) is 5.69 Å². The summed E-state index contributed by atoms with van der Waals surface area (Å²) < 4.78 is 0. The van der Waals surface area contributed by atoms with Gasteiger partial charge < -0.3 is 5.32 Å². The summed E-state index contributed by atoms with van der Waals surface area (Å²) in [7, 11) is 1.80. The summed E-state index contributed by atoms with van der Waals surface area (Å²) in [6.45, 7) is 1.92. The summed E-state index contributed by atoms with van der Waals surface area (Å²) in [5.74, 6) is 0. The van der Waals surface area contributed by atoms with Crippen LogP contribution in [0.3, 0.4) is 0 Å². The number of hydrogen-bond acceptors (Lipinski definition) is 3. The Morgan fingerprint density at radius 2 is 2.21 bits per heavy atom. The molecule has 4 nitrogen and oxygen atoms in total. The first kappa shape index (κ1) is 10.9. The third-order valence-electron chi connectivity index (χ3n) is 2.10. The second-order valence-electron chi connectivity index (χ2n) is 2.98. The topological polar surface area (TPSA) is 55.2 Å². The number of nitro benzene ring substituents is 1. The molecule has 0 radical (unpaired) electrons. The Balaban J connectivity index is 3.12. The maximum Gasteiger partial charge on any atom is 0.288 e. The highest BCUT2D eigenvalue weighted by Crippen LogP contribution is 2.27. The summed E-state index contributed by atoms with van der Waals surface area (Å²) in [6.07, 6.45) is 0. The Labute approximate surface area is 87.0 Å². The van der Waals surface area contributed by atoms with Crippen molar-refractivity contribution in [2.24, 2.45) is 0 Å². The highest BCUT2D eigenvalue weighted by molar-refractivity contribution is 6.32. The zero-order valence-electron chi connectivity index (χ0n) is 7.95. The molecule has 14 heavy (non-hydrogen) atoms. The molecule has 0 heterocycles. The molecular formula is C9H11ClN2O2. The molecule has 1 atom stereocenters. The molecule has 0 aliphatic carbocycles. The molecule has 5 heteroatoms. The van der Waals surface area contributed by atoms with Crippen molar-refractivity contribution >= 4 is 17.3 Å². The number of nitrogens with one attached hydrogen (secondary N) is 1. The minimum Gasteiger partial charge on any atom is -0.313 e. The van der Waals surface area contributed by atoms with E-state index in [1.54, 1.807) is 19.2 Å². The molecule has 0 fully saturated rings. The van der Waals surface area contributed by atoms with E-state index in [-0.39, 0.29) is 16.8 Å². The van der Waals surface area contributed by atoms with Crippen LogP contribution >= 0.6 is 11.6 Å². The van der Waals surface area contributed by atoms with E-state index < -0.39 is 4.92 Å². The molecule has 0 aromatic heterocycles. The molecule has 1 aromatic rings. The second kappa shape index (κ2) is 4.39. The fourth-order valence-corrected chi connectivity index (χ4v) is 1.29. The first-order valence-corrected chi connectivity index (χ1v) is 4.55. The van der Waals surface area contributed by atoms with Crippen LogP contribution in [0.15, 0.2) is 18.2 Å². The Hall–Kier alpha value is -1.13. The average Bonchev–Trinajstić information content (AvgIpc) is 2.17. The lowest BCUT2D eigenvalue weighted by atomic mass is 10.1. The second-order valence-corrected chi connectivity index (χ2v) is 3.39. The lowest BCUT2D eigenvalue weighted by Gasteiger charge is -2.10. The summed E-state index contributed by atoms with van der Waals surface area (Å²) in [6, 6.07) is 4.88. The van der Waals surface area contributed by atoms with Crippen molar-refractivity contribution in [3.05, 3.63) is 38.9 Å². The van der Waals surface area contributed by atoms with Crippen LogP contribution in [0.1, 0.15) is 18.5 Å². The minimum atomic E-state index is -0.478. The van der Waals surface area contributed by atoms with Crippen molar-refractivity contribution in [3.8, 4) is 0 Å². The summed E-state index contributed by atoms with van der Waals surface area (Å²) in [5, 5.41) is 13.8. The number of nitrogens with zero attached hydrogens (tertiary/aromatic N) is 1. The minimum absolute atomic E-state index is 0.0498. The van der Waals surface area contributed by atoms with Crippen LogP contribution in [-0.2, 0) is 0 Å². The zero-order chi connectivity index (χ0) is 10.7. The fraction of sp³-hybridized carbons (Fsp3) is 0.333. The predicted molar refractivity (Wildman–Crippen MR) is 55.6 cm³/mol. The van der Waals surface area contributed by atoms with E-state index in [4.69, 9.17) is 11.6 Å². The molecule has 0 spiro atoms. The third-order valence-corrected chi connectivity index (χ3v) is 2.42. The van der Waals surface area contributed by atoms with Crippen molar-refractivity contribution in [2.75, 3.05) is 7.05 Å². The summed E-state index contributed by atoms with van der Waals surface area (Å²) >= 11 is 5.68. The molecular weight excluding hydrogens is 204 g/mol. The summed E-state index contributed by atoms with van der Waals surface area (Å²) in [5.41, 5.74) is 0.801. The van der Waals surface area contributed by atoms with Gasteiger partial charge in [0, 0.05) is 12.1 Å². The van der Waals surface area contributed by atoms with Gasteiger partial charge in [-0.1, -0.05) is 17.7 Å². The van der Waals surface area contributed by atoms with Crippen molar-refractivity contribution in [1.82, 2.24) is 5.32 Å². The van der Waals surface area contributed by atoms with E-state index in [2.05, 4.69) is 5.32 Å². The van der Waals surface area contributed by atoms with Gasteiger partial charge >= 0.3 is 0 Å². The van der Waals surface area contributed by atoms with Crippen LogP contribution < -0.4 is 5.32 Å². The Morgan fingerprint density at radius 1 is 1.57 bits per heavy atom. The van der Waals surface area contributed by atoms with Crippen molar-refractivity contribution in [3.63, 3.8) is 0 Å². The Bertz CT molecular complexity index is 355. The van der Waals surface area contributed by atoms with E-state index in [9.17, 15) is 10.1 Å². The largest absolute Gasteiger partial charge is 0.313 e. The predicted octanol–water partition coefficient (Wildman–Crippen LogP) is 2.53. The maximum atomic E-state index is 10.6. The monoisotopic (exact) mass is 214 g/mol. The van der Waals surface area contributed by atoms with Crippen molar-refractivity contribution in [1.29, 1.82) is 0 Å². The van der Waals surface area contributed by atoms with Gasteiger partial charge in [-0.05, 0) is 25.6 Å². The number of nitro groups is 1. The first-order chi connectivity index (χ1) is 6.56. The Kier molecular flexibility index (Phi) is 3.43. The first-order valence-electron chi connectivity index (χ1n) is 4.17. The van der Waals surface area contributed by atoms with Crippen molar-refractivity contribution in [2.45, 2.75) is 13.0 Å². The molecule has 0 bridgehead atoms. The van der Waals surface area contributed by atoms with Gasteiger partial charge in [0.05, 0.1) is 4.92 Å². The smallest absolute Gasteiger partial charge is 0.288 e. The van der Waals surface area contributed by atoms with Crippen LogP contribution in [0, 0.1) is 10.1 Å². The molecule has 1 N–H and O–H groups in total. The van der Waals surface area contributed by atoms with Crippen LogP contribution in [0.25, 0.3) is 0 Å². The molecule has 1 rings (SSSR count). The standard InChI is InChI=1S/C9H11ClN2O2/c1-6(11-2)7-3-4-8(10)9(5-7)12(13)14/h3-6,11H,1-2H3. The van der Waals surface area contributed by atoms with Gasteiger partial charge in [-0.25, -0.2) is 0 Å². The van der Waals surface area contributed by atoms with Crippen LogP contribution in [-0.4, -0.2) is 12.0 Å². The number of rotatable bonds is 3. The van der Waals surface area contributed by atoms with Crippen LogP contribution in [0.2, 0.25) is 5.02 Å². The Morgan fingerprint density at radius 3 is 2.71 bits per heavy atom. The van der Waals surface area contributed by atoms with E-state index in [1.165, 1.54) is 6.07 Å². The zero-order valence-corrected chi connectivity index (χ0v) is 8.71. The van der Waals surface area contributed by atoms with E-state index in [0.717, 1.165) is 5.56 Å². The molecule has 1 unspecified atom stereocenters. The quantitative estimate of drug-likeness (QED) is 0.622. The molecule has 0 aliphatic rings. The van der Waals surface area contributed by atoms with Gasteiger partial charge in [0.1, 0.15) is 5.02 Å². The van der Waals surface area contributed by atoms with E-state index in [1.807, 2.05) is 6.92 Å². The lowest BCUT2D eigenvalue weighted by molar-refractivity contribution is -0.384. The van der Waals surface area contributed by atoms with Crippen LogP contribution in [0.5, 0.6) is 0 Å². The van der Waals surface area contributed by atoms with Gasteiger partial charge in [-0.3, -0.25) is 10.1 Å². The molecule has 0 aliphatic heterocycles. The molecule has 1 aromatic carbocycles. The van der Waals surface area contributed by atoms with Gasteiger partial charge in [0.25, 0.3) is 5.69 Å². The highest BCUT2D eigenvalue weighted by Gasteiger charge is 2.14. The number of halogens is 1. The maximum absolute atomic E-state index is 10.6. The number of benzene rings is 1. The molecule has 0 amide bonds. The molecule has 76 valence electrons. The molecule has 0 saturated heterocycles. The van der Waals surface area contributed by atoms with Crippen molar-refractivity contribution < 1.29 is 4.92 Å². The van der Waals surface area contributed by atoms with Gasteiger partial charge in [0.2, 0.25) is 0 Å². The van der Waals surface area contributed by atoms with Gasteiger partial charge in [-0.15, -0.1) is 0 Å². The summed E-state index contributed by atoms with van der Waals surface area (Å²) in [4.78, 5) is 10.1. The van der Waals surface area contributed by atoms with E-state index >= 15 is 0 Å². The average molecular weight is 215 g/mol. The highest BCUT2D eigenvalue weighted by atomic mass is 35.5. The SMILES string of the molecule is CNC(C)c1ccc(Cl)c([N+](=O)[O-])c1. The molecule has 0 saturated carbocycles. The third kappa shape index (κ3) is 2.21. The van der Waals surface area contributed by atoms with E-state index in [0.29, 0.717) is 0 Å². The fourth-order valence-electron chi connectivity index (χ4n) is 1.11. The van der Waals surface area contributed by atoms with Gasteiger partial charge in [0.15, 0.2) is 0 Å².